The fraction of sp³-hybridized carbons (Fsp3) is 0.333. The molecule has 0 saturated carbocycles. The minimum absolute atomic E-state index is 0.413. The highest BCUT2D eigenvalue weighted by Gasteiger charge is 2.15. The maximum absolute atomic E-state index is 5.59. The molecule has 1 saturated heterocycles. The van der Waals surface area contributed by atoms with E-state index in [1.807, 2.05) is 24.4 Å². The van der Waals surface area contributed by atoms with Gasteiger partial charge in [0.1, 0.15) is 0 Å². The Morgan fingerprint density at radius 3 is 3.05 bits per heavy atom. The van der Waals surface area contributed by atoms with Gasteiger partial charge in [0, 0.05) is 12.4 Å². The van der Waals surface area contributed by atoms with Crippen molar-refractivity contribution in [3.8, 4) is 11.3 Å². The van der Waals surface area contributed by atoms with Crippen LogP contribution in [0.15, 0.2) is 41.7 Å². The number of ether oxygens (including phenoxy) is 1. The van der Waals surface area contributed by atoms with Crippen molar-refractivity contribution < 1.29 is 4.74 Å². The molecule has 1 radical (unpaired) electrons. The van der Waals surface area contributed by atoms with Crippen LogP contribution in [0.3, 0.4) is 0 Å². The Morgan fingerprint density at radius 2 is 2.26 bits per heavy atom. The van der Waals surface area contributed by atoms with E-state index in [-0.39, 0.29) is 0 Å². The predicted octanol–water partition coefficient (Wildman–Crippen LogP) is 3.90. The van der Waals surface area contributed by atoms with E-state index < -0.39 is 0 Å². The lowest BCUT2D eigenvalue weighted by Gasteiger charge is -2.06. The summed E-state index contributed by atoms with van der Waals surface area (Å²) < 4.78 is 5.59. The second-order valence-corrected chi connectivity index (χ2v) is 5.58. The third kappa shape index (κ3) is 3.39. The normalized spacial score (nSPS) is 18.8. The van der Waals surface area contributed by atoms with Crippen LogP contribution in [0.5, 0.6) is 0 Å². The van der Waals surface area contributed by atoms with E-state index in [9.17, 15) is 0 Å². The van der Waals surface area contributed by atoms with Crippen LogP contribution in [0, 0.1) is 5.75 Å². The summed E-state index contributed by atoms with van der Waals surface area (Å²) in [6, 6.07) is 10.3. The van der Waals surface area contributed by atoms with Crippen LogP contribution in [0.25, 0.3) is 11.3 Å². The van der Waals surface area contributed by atoms with E-state index in [0.717, 1.165) is 23.9 Å². The van der Waals surface area contributed by atoms with Gasteiger partial charge in [0.2, 0.25) is 0 Å². The molecule has 2 aromatic rings. The summed E-state index contributed by atoms with van der Waals surface area (Å²) in [6.07, 6.45) is 5.67. The number of hydrogen-bond acceptors (Lipinski definition) is 3. The van der Waals surface area contributed by atoms with Gasteiger partial charge in [-0.1, -0.05) is 42.1 Å². The van der Waals surface area contributed by atoms with Gasteiger partial charge in [0.05, 0.1) is 18.0 Å². The molecule has 1 aliphatic heterocycles. The number of hydrogen-bond donors (Lipinski definition) is 1. The fourth-order valence-corrected chi connectivity index (χ4v) is 2.94. The molecule has 1 unspecified atom stereocenters. The van der Waals surface area contributed by atoms with Crippen LogP contribution < -0.4 is 0 Å². The highest BCUT2D eigenvalue weighted by molar-refractivity contribution is 8.01. The van der Waals surface area contributed by atoms with Gasteiger partial charge >= 0.3 is 0 Å². The lowest BCUT2D eigenvalue weighted by molar-refractivity contribution is 0.112. The second-order valence-electron chi connectivity index (χ2n) is 4.62. The second kappa shape index (κ2) is 6.26. The van der Waals surface area contributed by atoms with Gasteiger partial charge in [-0.25, -0.2) is 4.98 Å². The molecule has 3 nitrogen and oxygen atoms in total. The molecular weight excluding hydrogens is 256 g/mol. The molecule has 0 amide bonds. The number of imidazole rings is 1. The lowest BCUT2D eigenvalue weighted by Crippen LogP contribution is -2.03. The zero-order chi connectivity index (χ0) is 12.9. The number of nitrogens with zero attached hydrogens (tertiary/aromatic N) is 1. The highest BCUT2D eigenvalue weighted by Crippen LogP contribution is 2.26. The maximum atomic E-state index is 5.59. The van der Waals surface area contributed by atoms with Gasteiger partial charge in [0.15, 0.2) is 5.16 Å². The number of H-pyrrole nitrogens is 1. The summed E-state index contributed by atoms with van der Waals surface area (Å²) in [5.74, 6) is 2.18. The number of benzene rings is 1. The summed E-state index contributed by atoms with van der Waals surface area (Å²) in [5.41, 5.74) is 2.23. The van der Waals surface area contributed by atoms with Gasteiger partial charge < -0.3 is 9.72 Å². The molecule has 0 aliphatic carbocycles. The van der Waals surface area contributed by atoms with Crippen LogP contribution in [0.2, 0.25) is 0 Å². The van der Waals surface area contributed by atoms with Crippen LogP contribution in [-0.4, -0.2) is 22.7 Å². The Hall–Kier alpha value is -1.26. The molecule has 4 heteroatoms. The van der Waals surface area contributed by atoms with Crippen molar-refractivity contribution in [2.45, 2.75) is 30.5 Å². The van der Waals surface area contributed by atoms with Crippen molar-refractivity contribution in [2.75, 3.05) is 6.61 Å². The first kappa shape index (κ1) is 12.8. The summed E-state index contributed by atoms with van der Waals surface area (Å²) >= 11 is 1.65. The number of rotatable bonds is 5. The highest BCUT2D eigenvalue weighted by atomic mass is 32.2. The average Bonchev–Trinajstić information content (AvgIpc) is 3.11. The standard InChI is InChI=1S/C15H17N2OS/c1-2-5-12(6-3-1)14-11-16-15(17-14)19-10-8-13-7-4-9-18-13/h1-3,5-6,10-11,13H,4,7-9H2,(H,16,17). The molecule has 19 heavy (non-hydrogen) atoms. The molecule has 1 atom stereocenters. The number of aromatic nitrogens is 2. The third-order valence-electron chi connectivity index (χ3n) is 3.22. The molecule has 1 N–H and O–H groups in total. The van der Waals surface area contributed by atoms with E-state index in [1.54, 1.807) is 11.8 Å². The Labute approximate surface area is 117 Å². The summed E-state index contributed by atoms with van der Waals surface area (Å²) in [6.45, 7) is 0.919. The van der Waals surface area contributed by atoms with Gasteiger partial charge in [-0.2, -0.15) is 0 Å². The number of thioether (sulfide) groups is 1. The summed E-state index contributed by atoms with van der Waals surface area (Å²) in [5, 5.41) is 0.942. The van der Waals surface area contributed by atoms with Crippen molar-refractivity contribution in [1.29, 1.82) is 0 Å². The van der Waals surface area contributed by atoms with E-state index in [4.69, 9.17) is 4.74 Å². The van der Waals surface area contributed by atoms with Gasteiger partial charge in [-0.3, -0.25) is 0 Å². The van der Waals surface area contributed by atoms with Crippen molar-refractivity contribution >= 4 is 11.8 Å². The molecule has 1 aliphatic rings. The van der Waals surface area contributed by atoms with Gasteiger partial charge in [-0.15, -0.1) is 0 Å². The fourth-order valence-electron chi connectivity index (χ4n) is 2.19. The number of nitrogens with one attached hydrogen (secondary N) is 1. The Bertz CT molecular complexity index is 506. The molecule has 0 bridgehead atoms. The topological polar surface area (TPSA) is 37.9 Å². The van der Waals surface area contributed by atoms with Crippen LogP contribution in [0.4, 0.5) is 0 Å². The quantitative estimate of drug-likeness (QED) is 0.840. The molecule has 1 fully saturated rings. The molecule has 1 aromatic carbocycles. The van der Waals surface area contributed by atoms with Crippen molar-refractivity contribution in [3.63, 3.8) is 0 Å². The van der Waals surface area contributed by atoms with Gasteiger partial charge in [-0.05, 0) is 24.8 Å². The zero-order valence-corrected chi connectivity index (χ0v) is 11.5. The smallest absolute Gasteiger partial charge is 0.166 e. The minimum Gasteiger partial charge on any atom is -0.378 e. The Kier molecular flexibility index (Phi) is 4.20. The van der Waals surface area contributed by atoms with Gasteiger partial charge in [0.25, 0.3) is 0 Å². The first-order valence-corrected chi connectivity index (χ1v) is 7.50. The molecule has 3 rings (SSSR count). The van der Waals surface area contributed by atoms with Crippen LogP contribution in [-0.2, 0) is 4.74 Å². The first-order valence-electron chi connectivity index (χ1n) is 6.62. The molecule has 0 spiro atoms. The SMILES string of the molecule is [CH](CC1CCCO1)Sc1ncc(-c2ccccc2)[nH]1. The maximum Gasteiger partial charge on any atom is 0.166 e. The summed E-state index contributed by atoms with van der Waals surface area (Å²) in [7, 11) is 0. The zero-order valence-electron chi connectivity index (χ0n) is 10.7. The molecule has 99 valence electrons. The molecular formula is C15H17N2OS. The lowest BCUT2D eigenvalue weighted by atomic mass is 10.2. The molecule has 2 heterocycles. The first-order chi connectivity index (χ1) is 9.42. The average molecular weight is 273 g/mol. The van der Waals surface area contributed by atoms with E-state index in [1.165, 1.54) is 18.4 Å². The van der Waals surface area contributed by atoms with E-state index in [0.29, 0.717) is 6.10 Å². The predicted molar refractivity (Wildman–Crippen MR) is 77.8 cm³/mol. The largest absolute Gasteiger partial charge is 0.378 e. The monoisotopic (exact) mass is 273 g/mol. The van der Waals surface area contributed by atoms with Crippen molar-refractivity contribution in [2.24, 2.45) is 0 Å². The van der Waals surface area contributed by atoms with Crippen LogP contribution >= 0.6 is 11.8 Å². The summed E-state index contributed by atoms with van der Waals surface area (Å²) in [4.78, 5) is 7.73. The van der Waals surface area contributed by atoms with E-state index >= 15 is 0 Å². The minimum atomic E-state index is 0.413. The molecule has 1 aromatic heterocycles. The third-order valence-corrected chi connectivity index (χ3v) is 4.01. The van der Waals surface area contributed by atoms with Crippen molar-refractivity contribution in [1.82, 2.24) is 9.97 Å². The van der Waals surface area contributed by atoms with Crippen LogP contribution in [0.1, 0.15) is 19.3 Å². The Morgan fingerprint density at radius 1 is 1.37 bits per heavy atom. The van der Waals surface area contributed by atoms with E-state index in [2.05, 4.69) is 27.9 Å². The Balaban J connectivity index is 1.53. The van der Waals surface area contributed by atoms with Crippen molar-refractivity contribution in [3.05, 3.63) is 42.3 Å². The number of aromatic amines is 1.